The first-order chi connectivity index (χ1) is 6.20. The van der Waals surface area contributed by atoms with Crippen molar-refractivity contribution in [2.75, 3.05) is 13.1 Å². The maximum Gasteiger partial charge on any atom is 0.251 e. The van der Waals surface area contributed by atoms with E-state index in [-0.39, 0.29) is 18.2 Å². The van der Waals surface area contributed by atoms with Gasteiger partial charge in [-0.1, -0.05) is 6.08 Å². The predicted molar refractivity (Wildman–Crippen MR) is 48.9 cm³/mol. The molecule has 1 aliphatic heterocycles. The lowest BCUT2D eigenvalue weighted by atomic mass is 10.2. The summed E-state index contributed by atoms with van der Waals surface area (Å²) in [6.07, 6.45) is 5.16. The molecular weight excluding hydrogens is 168 g/mol. The molecule has 0 bridgehead atoms. The fourth-order valence-corrected chi connectivity index (χ4v) is 0.929. The average molecular weight is 180 g/mol. The van der Waals surface area contributed by atoms with Crippen LogP contribution >= 0.6 is 0 Å². The van der Waals surface area contributed by atoms with E-state index in [0.717, 1.165) is 0 Å². The Morgan fingerprint density at radius 2 is 2.38 bits per heavy atom. The number of dihydropyridines is 1. The number of Topliss-reactive ketones (excluding diaryl/α,β-unsaturated/α-hetero) is 1. The zero-order valence-electron chi connectivity index (χ0n) is 7.46. The van der Waals surface area contributed by atoms with Crippen molar-refractivity contribution in [1.82, 2.24) is 10.6 Å². The minimum Gasteiger partial charge on any atom is -0.387 e. The summed E-state index contributed by atoms with van der Waals surface area (Å²) in [5.41, 5.74) is 0.597. The van der Waals surface area contributed by atoms with Crippen molar-refractivity contribution in [3.05, 3.63) is 23.9 Å². The molecule has 13 heavy (non-hydrogen) atoms. The lowest BCUT2D eigenvalue weighted by Gasteiger charge is -2.07. The summed E-state index contributed by atoms with van der Waals surface area (Å²) in [7, 11) is 0. The standard InChI is InChI=1S/C9H12N2O2/c1-7(12)6-11-9(13)8-2-4-10-5-3-8/h2-4,10H,5-6H2,1H3,(H,11,13). The molecule has 2 N–H and O–H groups in total. The van der Waals surface area contributed by atoms with Crippen LogP contribution in [0.25, 0.3) is 0 Å². The molecule has 0 aromatic carbocycles. The van der Waals surface area contributed by atoms with Crippen LogP contribution in [0.1, 0.15) is 6.92 Å². The molecule has 0 saturated heterocycles. The molecule has 1 rings (SSSR count). The second-order valence-corrected chi connectivity index (χ2v) is 2.79. The molecule has 4 heteroatoms. The quantitative estimate of drug-likeness (QED) is 0.629. The van der Waals surface area contributed by atoms with Gasteiger partial charge in [0.2, 0.25) is 0 Å². The van der Waals surface area contributed by atoms with Gasteiger partial charge in [0.1, 0.15) is 5.78 Å². The van der Waals surface area contributed by atoms with Crippen LogP contribution in [0.3, 0.4) is 0 Å². The first-order valence-corrected chi connectivity index (χ1v) is 4.08. The van der Waals surface area contributed by atoms with Gasteiger partial charge in [-0.05, 0) is 19.2 Å². The molecule has 0 radical (unpaired) electrons. The van der Waals surface area contributed by atoms with Crippen molar-refractivity contribution in [2.45, 2.75) is 6.92 Å². The van der Waals surface area contributed by atoms with Crippen molar-refractivity contribution >= 4 is 11.7 Å². The van der Waals surface area contributed by atoms with E-state index < -0.39 is 0 Å². The molecule has 4 nitrogen and oxygen atoms in total. The van der Waals surface area contributed by atoms with Gasteiger partial charge in [0.05, 0.1) is 6.54 Å². The number of hydrogen-bond donors (Lipinski definition) is 2. The average Bonchev–Trinajstić information content (AvgIpc) is 2.15. The van der Waals surface area contributed by atoms with E-state index >= 15 is 0 Å². The van der Waals surface area contributed by atoms with Crippen LogP contribution in [-0.4, -0.2) is 24.8 Å². The molecule has 1 heterocycles. The Morgan fingerprint density at radius 3 is 2.92 bits per heavy atom. The molecule has 0 atom stereocenters. The molecular formula is C9H12N2O2. The maximum absolute atomic E-state index is 11.3. The SMILES string of the molecule is CC(=O)CNC(=O)C1=CCNC=C1. The molecule has 0 aromatic rings. The zero-order chi connectivity index (χ0) is 9.68. The van der Waals surface area contributed by atoms with Crippen LogP contribution in [0.2, 0.25) is 0 Å². The van der Waals surface area contributed by atoms with Gasteiger partial charge in [-0.3, -0.25) is 9.59 Å². The van der Waals surface area contributed by atoms with Crippen molar-refractivity contribution in [3.8, 4) is 0 Å². The van der Waals surface area contributed by atoms with Crippen molar-refractivity contribution in [1.29, 1.82) is 0 Å². The minimum atomic E-state index is -0.201. The summed E-state index contributed by atoms with van der Waals surface area (Å²) in [4.78, 5) is 21.9. The van der Waals surface area contributed by atoms with E-state index in [4.69, 9.17) is 0 Å². The molecule has 0 aromatic heterocycles. The molecule has 0 fully saturated rings. The Bertz CT molecular complexity index is 279. The number of rotatable bonds is 3. The van der Waals surface area contributed by atoms with Crippen LogP contribution < -0.4 is 10.6 Å². The van der Waals surface area contributed by atoms with Gasteiger partial charge in [-0.25, -0.2) is 0 Å². The summed E-state index contributed by atoms with van der Waals surface area (Å²) in [6.45, 7) is 2.18. The van der Waals surface area contributed by atoms with E-state index in [1.165, 1.54) is 6.92 Å². The molecule has 70 valence electrons. The number of amides is 1. The number of nitrogens with one attached hydrogen (secondary N) is 2. The molecule has 0 aliphatic carbocycles. The fourth-order valence-electron chi connectivity index (χ4n) is 0.929. The van der Waals surface area contributed by atoms with Crippen LogP contribution in [0.15, 0.2) is 23.9 Å². The lowest BCUT2D eigenvalue weighted by Crippen LogP contribution is -2.30. The number of ketones is 1. The minimum absolute atomic E-state index is 0.0492. The summed E-state index contributed by atoms with van der Waals surface area (Å²) >= 11 is 0. The van der Waals surface area contributed by atoms with Gasteiger partial charge in [0.25, 0.3) is 5.91 Å². The Balaban J connectivity index is 2.43. The van der Waals surface area contributed by atoms with Gasteiger partial charge >= 0.3 is 0 Å². The molecule has 0 unspecified atom stereocenters. The van der Waals surface area contributed by atoms with Crippen molar-refractivity contribution in [2.24, 2.45) is 0 Å². The van der Waals surface area contributed by atoms with Crippen LogP contribution in [0, 0.1) is 0 Å². The maximum atomic E-state index is 11.3. The molecule has 0 spiro atoms. The molecule has 1 amide bonds. The summed E-state index contributed by atoms with van der Waals surface area (Å²) in [5.74, 6) is -0.250. The van der Waals surface area contributed by atoms with Crippen LogP contribution in [0.4, 0.5) is 0 Å². The third-order valence-corrected chi connectivity index (χ3v) is 1.58. The van der Waals surface area contributed by atoms with Crippen molar-refractivity contribution in [3.63, 3.8) is 0 Å². The topological polar surface area (TPSA) is 58.2 Å². The highest BCUT2D eigenvalue weighted by Crippen LogP contribution is 1.99. The third kappa shape index (κ3) is 3.11. The predicted octanol–water partition coefficient (Wildman–Crippen LogP) is -0.265. The van der Waals surface area contributed by atoms with E-state index in [2.05, 4.69) is 10.6 Å². The van der Waals surface area contributed by atoms with Crippen LogP contribution in [-0.2, 0) is 9.59 Å². The van der Waals surface area contributed by atoms with Gasteiger partial charge in [-0.15, -0.1) is 0 Å². The molecule has 0 saturated carbocycles. The third-order valence-electron chi connectivity index (χ3n) is 1.58. The number of hydrogen-bond acceptors (Lipinski definition) is 3. The van der Waals surface area contributed by atoms with E-state index in [1.54, 1.807) is 18.4 Å². The summed E-state index contributed by atoms with van der Waals surface area (Å²) < 4.78 is 0. The first-order valence-electron chi connectivity index (χ1n) is 4.08. The summed E-state index contributed by atoms with van der Waals surface area (Å²) in [5, 5.41) is 5.45. The monoisotopic (exact) mass is 180 g/mol. The first kappa shape index (κ1) is 9.51. The van der Waals surface area contributed by atoms with Gasteiger partial charge in [0.15, 0.2) is 0 Å². The smallest absolute Gasteiger partial charge is 0.251 e. The number of carbonyl (C=O) groups is 2. The Kier molecular flexibility index (Phi) is 3.25. The zero-order valence-corrected chi connectivity index (χ0v) is 7.46. The van der Waals surface area contributed by atoms with Gasteiger partial charge < -0.3 is 10.6 Å². The van der Waals surface area contributed by atoms with Gasteiger partial charge in [0, 0.05) is 12.1 Å². The highest BCUT2D eigenvalue weighted by Gasteiger charge is 2.07. The Labute approximate surface area is 76.7 Å². The lowest BCUT2D eigenvalue weighted by molar-refractivity contribution is -0.121. The van der Waals surface area contributed by atoms with E-state index in [9.17, 15) is 9.59 Å². The molecule has 1 aliphatic rings. The van der Waals surface area contributed by atoms with Crippen molar-refractivity contribution < 1.29 is 9.59 Å². The van der Waals surface area contributed by atoms with Gasteiger partial charge in [-0.2, -0.15) is 0 Å². The van der Waals surface area contributed by atoms with E-state index in [0.29, 0.717) is 12.1 Å². The second-order valence-electron chi connectivity index (χ2n) is 2.79. The normalized spacial score (nSPS) is 14.4. The largest absolute Gasteiger partial charge is 0.387 e. The fraction of sp³-hybridized carbons (Fsp3) is 0.333. The number of carbonyl (C=O) groups excluding carboxylic acids is 2. The van der Waals surface area contributed by atoms with Crippen LogP contribution in [0.5, 0.6) is 0 Å². The highest BCUT2D eigenvalue weighted by atomic mass is 16.2. The van der Waals surface area contributed by atoms with E-state index in [1.807, 2.05) is 0 Å². The second kappa shape index (κ2) is 4.45. The Hall–Kier alpha value is -1.58. The summed E-state index contributed by atoms with van der Waals surface area (Å²) in [6, 6.07) is 0. The Morgan fingerprint density at radius 1 is 1.62 bits per heavy atom. The highest BCUT2D eigenvalue weighted by molar-refractivity contribution is 5.98.